The van der Waals surface area contributed by atoms with Crippen LogP contribution in [-0.2, 0) is 12.7 Å². The standard InChI is InChI=1S/C15H23F3N2S/c1-4-20(5-2)8-9-21-13-7-6-12(11-19-3)14(10-13)15(16,17)18/h6-7,10,19H,4-5,8-9,11H2,1-3H3. The third-order valence-corrected chi connectivity index (χ3v) is 4.30. The fourth-order valence-electron chi connectivity index (χ4n) is 2.09. The topological polar surface area (TPSA) is 15.3 Å². The molecule has 0 aliphatic carbocycles. The molecule has 1 aromatic carbocycles. The van der Waals surface area contributed by atoms with E-state index < -0.39 is 11.7 Å². The molecule has 1 rings (SSSR count). The number of halogens is 3. The minimum absolute atomic E-state index is 0.221. The lowest BCUT2D eigenvalue weighted by atomic mass is 10.1. The molecular weight excluding hydrogens is 297 g/mol. The molecule has 0 saturated carbocycles. The Kier molecular flexibility index (Phi) is 7.56. The first-order valence-corrected chi connectivity index (χ1v) is 8.10. The third kappa shape index (κ3) is 5.88. The zero-order valence-electron chi connectivity index (χ0n) is 12.8. The van der Waals surface area contributed by atoms with Gasteiger partial charge in [-0.1, -0.05) is 19.9 Å². The number of nitrogens with one attached hydrogen (secondary N) is 1. The van der Waals surface area contributed by atoms with E-state index in [1.165, 1.54) is 17.8 Å². The molecule has 0 heterocycles. The normalized spacial score (nSPS) is 12.1. The van der Waals surface area contributed by atoms with Crippen LogP contribution in [0, 0.1) is 0 Å². The van der Waals surface area contributed by atoms with Gasteiger partial charge >= 0.3 is 6.18 Å². The molecule has 0 bridgehead atoms. The summed E-state index contributed by atoms with van der Waals surface area (Å²) in [6.07, 6.45) is -4.30. The average Bonchev–Trinajstić information content (AvgIpc) is 2.44. The summed E-state index contributed by atoms with van der Waals surface area (Å²) in [6, 6.07) is 4.60. The van der Waals surface area contributed by atoms with Crippen LogP contribution < -0.4 is 5.32 Å². The van der Waals surface area contributed by atoms with E-state index >= 15 is 0 Å². The Morgan fingerprint density at radius 1 is 1.19 bits per heavy atom. The van der Waals surface area contributed by atoms with E-state index in [4.69, 9.17) is 0 Å². The van der Waals surface area contributed by atoms with Crippen LogP contribution in [0.2, 0.25) is 0 Å². The Balaban J connectivity index is 2.76. The van der Waals surface area contributed by atoms with Crippen molar-refractivity contribution in [1.82, 2.24) is 10.2 Å². The van der Waals surface area contributed by atoms with Crippen molar-refractivity contribution in [2.45, 2.75) is 31.5 Å². The zero-order chi connectivity index (χ0) is 15.9. The van der Waals surface area contributed by atoms with E-state index in [1.54, 1.807) is 19.2 Å². The van der Waals surface area contributed by atoms with Crippen LogP contribution in [0.25, 0.3) is 0 Å². The maximum atomic E-state index is 13.1. The lowest BCUT2D eigenvalue weighted by molar-refractivity contribution is -0.138. The highest BCUT2D eigenvalue weighted by atomic mass is 32.2. The van der Waals surface area contributed by atoms with E-state index in [2.05, 4.69) is 24.1 Å². The minimum Gasteiger partial charge on any atom is -0.316 e. The number of benzene rings is 1. The highest BCUT2D eigenvalue weighted by Gasteiger charge is 2.33. The maximum absolute atomic E-state index is 13.1. The van der Waals surface area contributed by atoms with Crippen LogP contribution in [0.4, 0.5) is 13.2 Å². The molecule has 1 aromatic rings. The highest BCUT2D eigenvalue weighted by molar-refractivity contribution is 7.99. The lowest BCUT2D eigenvalue weighted by Crippen LogP contribution is -2.25. The van der Waals surface area contributed by atoms with Gasteiger partial charge in [0, 0.05) is 23.7 Å². The SMILES string of the molecule is CCN(CC)CCSc1ccc(CNC)c(C(F)(F)F)c1. The lowest BCUT2D eigenvalue weighted by Gasteiger charge is -2.18. The Hall–Kier alpha value is -0.720. The van der Waals surface area contributed by atoms with Crippen molar-refractivity contribution < 1.29 is 13.2 Å². The van der Waals surface area contributed by atoms with E-state index in [0.29, 0.717) is 4.90 Å². The van der Waals surface area contributed by atoms with Gasteiger partial charge in [0.15, 0.2) is 0 Å². The molecule has 6 heteroatoms. The first-order chi connectivity index (χ1) is 9.92. The Labute approximate surface area is 129 Å². The van der Waals surface area contributed by atoms with Crippen molar-refractivity contribution >= 4 is 11.8 Å². The van der Waals surface area contributed by atoms with Crippen LogP contribution in [0.1, 0.15) is 25.0 Å². The fraction of sp³-hybridized carbons (Fsp3) is 0.600. The summed E-state index contributed by atoms with van der Waals surface area (Å²) in [4.78, 5) is 2.93. The number of hydrogen-bond acceptors (Lipinski definition) is 3. The average molecular weight is 320 g/mol. The molecule has 0 atom stereocenters. The molecule has 0 amide bonds. The van der Waals surface area contributed by atoms with E-state index in [-0.39, 0.29) is 12.1 Å². The Bertz CT molecular complexity index is 431. The van der Waals surface area contributed by atoms with Gasteiger partial charge in [-0.05, 0) is 37.8 Å². The smallest absolute Gasteiger partial charge is 0.316 e. The van der Waals surface area contributed by atoms with Crippen LogP contribution >= 0.6 is 11.8 Å². The Morgan fingerprint density at radius 3 is 2.38 bits per heavy atom. The molecule has 0 aromatic heterocycles. The fourth-order valence-corrected chi connectivity index (χ4v) is 3.04. The van der Waals surface area contributed by atoms with Crippen molar-refractivity contribution in [3.63, 3.8) is 0 Å². The number of alkyl halides is 3. The van der Waals surface area contributed by atoms with Gasteiger partial charge in [-0.3, -0.25) is 0 Å². The van der Waals surface area contributed by atoms with E-state index in [9.17, 15) is 13.2 Å². The highest BCUT2D eigenvalue weighted by Crippen LogP contribution is 2.34. The minimum atomic E-state index is -4.30. The van der Waals surface area contributed by atoms with Crippen molar-refractivity contribution in [2.24, 2.45) is 0 Å². The predicted octanol–water partition coefficient (Wildman–Crippen LogP) is 3.86. The van der Waals surface area contributed by atoms with Gasteiger partial charge < -0.3 is 10.2 Å². The second kappa shape index (κ2) is 8.66. The summed E-state index contributed by atoms with van der Waals surface area (Å²) in [6.45, 7) is 7.21. The van der Waals surface area contributed by atoms with Crippen LogP contribution in [0.3, 0.4) is 0 Å². The van der Waals surface area contributed by atoms with Gasteiger partial charge in [0.25, 0.3) is 0 Å². The summed E-state index contributed by atoms with van der Waals surface area (Å²) >= 11 is 1.47. The van der Waals surface area contributed by atoms with Gasteiger partial charge in [-0.15, -0.1) is 11.8 Å². The molecule has 21 heavy (non-hydrogen) atoms. The molecule has 0 aliphatic heterocycles. The van der Waals surface area contributed by atoms with Crippen molar-refractivity contribution in [3.8, 4) is 0 Å². The van der Waals surface area contributed by atoms with Crippen molar-refractivity contribution in [3.05, 3.63) is 29.3 Å². The summed E-state index contributed by atoms with van der Waals surface area (Å²) in [5.41, 5.74) is -0.247. The molecule has 0 spiro atoms. The van der Waals surface area contributed by atoms with Crippen molar-refractivity contribution in [2.75, 3.05) is 32.4 Å². The van der Waals surface area contributed by atoms with Gasteiger partial charge in [-0.25, -0.2) is 0 Å². The van der Waals surface area contributed by atoms with E-state index in [0.717, 1.165) is 25.4 Å². The van der Waals surface area contributed by atoms with Gasteiger partial charge in [0.1, 0.15) is 0 Å². The molecule has 120 valence electrons. The summed E-state index contributed by atoms with van der Waals surface area (Å²) in [7, 11) is 1.65. The molecule has 2 nitrogen and oxygen atoms in total. The van der Waals surface area contributed by atoms with Crippen LogP contribution in [0.5, 0.6) is 0 Å². The number of thioether (sulfide) groups is 1. The molecule has 0 radical (unpaired) electrons. The second-order valence-electron chi connectivity index (χ2n) is 4.72. The summed E-state index contributed by atoms with van der Waals surface area (Å²) in [5.74, 6) is 0.796. The van der Waals surface area contributed by atoms with Crippen LogP contribution in [0.15, 0.2) is 23.1 Å². The molecule has 0 saturated heterocycles. The Morgan fingerprint density at radius 2 is 1.86 bits per heavy atom. The van der Waals surface area contributed by atoms with Gasteiger partial charge in [0.05, 0.1) is 5.56 Å². The maximum Gasteiger partial charge on any atom is 0.416 e. The summed E-state index contributed by atoms with van der Waals surface area (Å²) in [5, 5.41) is 2.78. The molecule has 0 unspecified atom stereocenters. The van der Waals surface area contributed by atoms with Crippen LogP contribution in [-0.4, -0.2) is 37.3 Å². The predicted molar refractivity (Wildman–Crippen MR) is 82.7 cm³/mol. The molecule has 1 N–H and O–H groups in total. The monoisotopic (exact) mass is 320 g/mol. The van der Waals surface area contributed by atoms with Gasteiger partial charge in [-0.2, -0.15) is 13.2 Å². The number of hydrogen-bond donors (Lipinski definition) is 1. The van der Waals surface area contributed by atoms with Gasteiger partial charge in [0.2, 0.25) is 0 Å². The number of nitrogens with zero attached hydrogens (tertiary/aromatic N) is 1. The number of rotatable bonds is 8. The zero-order valence-corrected chi connectivity index (χ0v) is 13.6. The quantitative estimate of drug-likeness (QED) is 0.732. The molecular formula is C15H23F3N2S. The summed E-state index contributed by atoms with van der Waals surface area (Å²) < 4.78 is 39.2. The first kappa shape index (κ1) is 18.3. The first-order valence-electron chi connectivity index (χ1n) is 7.12. The molecule has 0 aliphatic rings. The molecule has 0 fully saturated rings. The second-order valence-corrected chi connectivity index (χ2v) is 5.89. The van der Waals surface area contributed by atoms with E-state index in [1.807, 2.05) is 0 Å². The third-order valence-electron chi connectivity index (χ3n) is 3.32. The largest absolute Gasteiger partial charge is 0.416 e. The van der Waals surface area contributed by atoms with Crippen molar-refractivity contribution in [1.29, 1.82) is 0 Å².